The van der Waals surface area contributed by atoms with Crippen molar-refractivity contribution in [3.8, 4) is 0 Å². The van der Waals surface area contributed by atoms with Crippen molar-refractivity contribution in [2.75, 3.05) is 19.7 Å². The summed E-state index contributed by atoms with van der Waals surface area (Å²) in [5, 5.41) is 10.3. The number of ether oxygens (including phenoxy) is 1. The molecule has 2 atom stereocenters. The van der Waals surface area contributed by atoms with Crippen molar-refractivity contribution in [2.45, 2.75) is 31.6 Å². The van der Waals surface area contributed by atoms with Gasteiger partial charge in [-0.3, -0.25) is 4.90 Å². The van der Waals surface area contributed by atoms with Gasteiger partial charge >= 0.3 is 0 Å². The van der Waals surface area contributed by atoms with Gasteiger partial charge in [-0.2, -0.15) is 0 Å². The molecule has 0 bridgehead atoms. The third-order valence-corrected chi connectivity index (χ3v) is 4.52. The number of likely N-dealkylation sites (tertiary alicyclic amines) is 1. The highest BCUT2D eigenvalue weighted by atomic mass is 19.1. The average Bonchev–Trinajstić information content (AvgIpc) is 3.05. The standard InChI is InChI=1S/C20H24FNO2/c21-19-10-5-4-9-17(19)14-24-15-18(23)13-22-12-6-11-20(22)16-7-2-1-3-8-16/h1-5,7-10,18,20,23H,6,11-15H2/t18-,20-/m1/s1. The number of aliphatic hydroxyl groups is 1. The maximum atomic E-state index is 13.5. The van der Waals surface area contributed by atoms with Gasteiger partial charge in [0.25, 0.3) is 0 Å². The summed E-state index contributed by atoms with van der Waals surface area (Å²) in [7, 11) is 0. The fourth-order valence-electron chi connectivity index (χ4n) is 3.34. The van der Waals surface area contributed by atoms with Crippen molar-refractivity contribution in [3.05, 3.63) is 71.5 Å². The number of aliphatic hydroxyl groups excluding tert-OH is 1. The molecule has 4 heteroatoms. The van der Waals surface area contributed by atoms with Crippen molar-refractivity contribution in [2.24, 2.45) is 0 Å². The van der Waals surface area contributed by atoms with Crippen LogP contribution in [0.4, 0.5) is 4.39 Å². The van der Waals surface area contributed by atoms with Gasteiger partial charge in [-0.25, -0.2) is 4.39 Å². The summed E-state index contributed by atoms with van der Waals surface area (Å²) in [6.45, 7) is 1.97. The number of halogens is 1. The molecule has 0 saturated carbocycles. The number of benzene rings is 2. The second-order valence-electron chi connectivity index (χ2n) is 6.32. The SMILES string of the molecule is O[C@@H](COCc1ccccc1F)CN1CCC[C@@H]1c1ccccc1. The van der Waals surface area contributed by atoms with E-state index in [2.05, 4.69) is 29.2 Å². The minimum atomic E-state index is -0.568. The van der Waals surface area contributed by atoms with Gasteiger partial charge in [0, 0.05) is 18.2 Å². The van der Waals surface area contributed by atoms with Gasteiger partial charge in [-0.05, 0) is 31.0 Å². The van der Waals surface area contributed by atoms with Gasteiger partial charge in [0.1, 0.15) is 5.82 Å². The molecule has 1 saturated heterocycles. The number of rotatable bonds is 7. The highest BCUT2D eigenvalue weighted by Gasteiger charge is 2.27. The lowest BCUT2D eigenvalue weighted by Crippen LogP contribution is -2.34. The van der Waals surface area contributed by atoms with Crippen molar-refractivity contribution in [3.63, 3.8) is 0 Å². The van der Waals surface area contributed by atoms with Crippen LogP contribution in [0.15, 0.2) is 54.6 Å². The third kappa shape index (κ3) is 4.41. The maximum absolute atomic E-state index is 13.5. The lowest BCUT2D eigenvalue weighted by Gasteiger charge is -2.27. The molecular formula is C20H24FNO2. The Bertz CT molecular complexity index is 635. The predicted octanol–water partition coefficient (Wildman–Crippen LogP) is 3.54. The highest BCUT2D eigenvalue weighted by Crippen LogP contribution is 2.31. The minimum Gasteiger partial charge on any atom is -0.389 e. The number of β-amino-alcohol motifs (C(OH)–C–C–N with tert-alkyl or cyclic N) is 1. The molecule has 1 N–H and O–H groups in total. The molecule has 3 rings (SSSR count). The van der Waals surface area contributed by atoms with Crippen LogP contribution in [0.3, 0.4) is 0 Å². The molecule has 2 aromatic rings. The smallest absolute Gasteiger partial charge is 0.128 e. The quantitative estimate of drug-likeness (QED) is 0.843. The van der Waals surface area contributed by atoms with Crippen molar-refractivity contribution < 1.29 is 14.2 Å². The minimum absolute atomic E-state index is 0.186. The summed E-state index contributed by atoms with van der Waals surface area (Å²) in [6, 6.07) is 17.4. The molecule has 1 heterocycles. The Balaban J connectivity index is 1.48. The molecule has 0 aromatic heterocycles. The third-order valence-electron chi connectivity index (χ3n) is 4.52. The molecule has 2 aromatic carbocycles. The number of hydrogen-bond acceptors (Lipinski definition) is 3. The van der Waals surface area contributed by atoms with E-state index < -0.39 is 6.10 Å². The number of nitrogens with zero attached hydrogens (tertiary/aromatic N) is 1. The van der Waals surface area contributed by atoms with Crippen LogP contribution in [0.25, 0.3) is 0 Å². The van der Waals surface area contributed by atoms with E-state index in [0.717, 1.165) is 19.4 Å². The fourth-order valence-corrected chi connectivity index (χ4v) is 3.34. The van der Waals surface area contributed by atoms with E-state index in [1.165, 1.54) is 11.6 Å². The maximum Gasteiger partial charge on any atom is 0.128 e. The zero-order chi connectivity index (χ0) is 16.8. The molecule has 24 heavy (non-hydrogen) atoms. The molecule has 128 valence electrons. The summed E-state index contributed by atoms with van der Waals surface area (Å²) in [4.78, 5) is 2.31. The molecule has 0 aliphatic carbocycles. The molecule has 0 spiro atoms. The van der Waals surface area contributed by atoms with Crippen molar-refractivity contribution in [1.29, 1.82) is 0 Å². The zero-order valence-corrected chi connectivity index (χ0v) is 13.8. The Kier molecular flexibility index (Phi) is 5.96. The van der Waals surface area contributed by atoms with Crippen LogP contribution in [0.2, 0.25) is 0 Å². The Morgan fingerprint density at radius 2 is 1.88 bits per heavy atom. The van der Waals surface area contributed by atoms with Crippen molar-refractivity contribution >= 4 is 0 Å². The van der Waals surface area contributed by atoms with Crippen LogP contribution < -0.4 is 0 Å². The van der Waals surface area contributed by atoms with Gasteiger partial charge < -0.3 is 9.84 Å². The second-order valence-corrected chi connectivity index (χ2v) is 6.32. The summed E-state index contributed by atoms with van der Waals surface area (Å²) in [6.07, 6.45) is 1.69. The predicted molar refractivity (Wildman–Crippen MR) is 92.1 cm³/mol. The Hall–Kier alpha value is -1.75. The highest BCUT2D eigenvalue weighted by molar-refractivity contribution is 5.20. The van der Waals surface area contributed by atoms with Crippen LogP contribution in [0, 0.1) is 5.82 Å². The first kappa shape index (κ1) is 17.1. The Morgan fingerprint density at radius 3 is 2.67 bits per heavy atom. The molecule has 1 aliphatic rings. The van der Waals surface area contributed by atoms with Gasteiger partial charge in [0.05, 0.1) is 19.3 Å². The van der Waals surface area contributed by atoms with Gasteiger partial charge in [0.2, 0.25) is 0 Å². The Labute approximate surface area is 142 Å². The van der Waals surface area contributed by atoms with E-state index in [-0.39, 0.29) is 19.0 Å². The number of hydrogen-bond donors (Lipinski definition) is 1. The van der Waals surface area contributed by atoms with E-state index in [9.17, 15) is 9.50 Å². The van der Waals surface area contributed by atoms with Gasteiger partial charge in [-0.1, -0.05) is 48.5 Å². The van der Waals surface area contributed by atoms with E-state index >= 15 is 0 Å². The lowest BCUT2D eigenvalue weighted by molar-refractivity contribution is 0.00698. The lowest BCUT2D eigenvalue weighted by atomic mass is 10.0. The van der Waals surface area contributed by atoms with Gasteiger partial charge in [-0.15, -0.1) is 0 Å². The first-order chi connectivity index (χ1) is 11.7. The molecule has 1 fully saturated rings. The average molecular weight is 329 g/mol. The van der Waals surface area contributed by atoms with E-state index in [4.69, 9.17) is 4.74 Å². The van der Waals surface area contributed by atoms with Crippen LogP contribution in [0.1, 0.15) is 30.0 Å². The fraction of sp³-hybridized carbons (Fsp3) is 0.400. The topological polar surface area (TPSA) is 32.7 Å². The molecule has 0 radical (unpaired) electrons. The van der Waals surface area contributed by atoms with E-state index in [1.54, 1.807) is 18.2 Å². The molecule has 0 unspecified atom stereocenters. The normalized spacial score (nSPS) is 19.5. The molecule has 0 amide bonds. The van der Waals surface area contributed by atoms with Gasteiger partial charge in [0.15, 0.2) is 0 Å². The first-order valence-corrected chi connectivity index (χ1v) is 8.52. The van der Waals surface area contributed by atoms with E-state index in [0.29, 0.717) is 18.2 Å². The molecule has 3 nitrogen and oxygen atoms in total. The zero-order valence-electron chi connectivity index (χ0n) is 13.8. The van der Waals surface area contributed by atoms with Crippen LogP contribution >= 0.6 is 0 Å². The Morgan fingerprint density at radius 1 is 1.12 bits per heavy atom. The molecule has 1 aliphatic heterocycles. The second kappa shape index (κ2) is 8.38. The van der Waals surface area contributed by atoms with Crippen LogP contribution in [0.5, 0.6) is 0 Å². The van der Waals surface area contributed by atoms with Crippen LogP contribution in [-0.4, -0.2) is 35.8 Å². The van der Waals surface area contributed by atoms with E-state index in [1.807, 2.05) is 6.07 Å². The summed E-state index contributed by atoms with van der Waals surface area (Å²) in [5.74, 6) is -0.268. The molecular weight excluding hydrogens is 305 g/mol. The van der Waals surface area contributed by atoms with Crippen molar-refractivity contribution in [1.82, 2.24) is 4.90 Å². The monoisotopic (exact) mass is 329 g/mol. The first-order valence-electron chi connectivity index (χ1n) is 8.52. The van der Waals surface area contributed by atoms with Crippen LogP contribution in [-0.2, 0) is 11.3 Å². The summed E-state index contributed by atoms with van der Waals surface area (Å²) < 4.78 is 19.0. The largest absolute Gasteiger partial charge is 0.389 e. The summed E-state index contributed by atoms with van der Waals surface area (Å²) in [5.41, 5.74) is 1.82. The summed E-state index contributed by atoms with van der Waals surface area (Å²) >= 11 is 0.